The van der Waals surface area contributed by atoms with Crippen LogP contribution in [0.25, 0.3) is 0 Å². The zero-order valence-corrected chi connectivity index (χ0v) is 12.2. The summed E-state index contributed by atoms with van der Waals surface area (Å²) in [5, 5.41) is 10.3. The van der Waals surface area contributed by atoms with Crippen LogP contribution in [0.3, 0.4) is 0 Å². The van der Waals surface area contributed by atoms with Crippen molar-refractivity contribution in [1.29, 1.82) is 0 Å². The van der Waals surface area contributed by atoms with E-state index in [-0.39, 0.29) is 12.1 Å². The highest BCUT2D eigenvalue weighted by atomic mass is 32.2. The number of likely N-dealkylation sites (tertiary alicyclic amines) is 1. The molecule has 0 aliphatic carbocycles. The van der Waals surface area contributed by atoms with E-state index in [2.05, 4.69) is 4.98 Å². The van der Waals surface area contributed by atoms with Gasteiger partial charge in [-0.3, -0.25) is 4.79 Å². The maximum atomic E-state index is 12.7. The summed E-state index contributed by atoms with van der Waals surface area (Å²) < 4.78 is 38.2. The summed E-state index contributed by atoms with van der Waals surface area (Å²) in [6.45, 7) is 1.11. The number of rotatable bonds is 3. The first-order valence-corrected chi connectivity index (χ1v) is 7.42. The van der Waals surface area contributed by atoms with Crippen molar-refractivity contribution >= 4 is 17.7 Å². The number of alkyl halides is 3. The highest BCUT2D eigenvalue weighted by molar-refractivity contribution is 7.99. The van der Waals surface area contributed by atoms with E-state index in [9.17, 15) is 23.1 Å². The number of carbonyl (C=O) groups excluding carboxylic acids is 1. The van der Waals surface area contributed by atoms with Crippen LogP contribution >= 0.6 is 11.8 Å². The molecule has 116 valence electrons. The highest BCUT2D eigenvalue weighted by Gasteiger charge is 2.57. The highest BCUT2D eigenvalue weighted by Crippen LogP contribution is 2.37. The fourth-order valence-corrected chi connectivity index (χ4v) is 2.71. The Kier molecular flexibility index (Phi) is 4.48. The molecule has 0 radical (unpaired) electrons. The summed E-state index contributed by atoms with van der Waals surface area (Å²) in [5.74, 6) is 0.293. The van der Waals surface area contributed by atoms with E-state index in [1.54, 1.807) is 6.07 Å². The van der Waals surface area contributed by atoms with Gasteiger partial charge >= 0.3 is 6.18 Å². The van der Waals surface area contributed by atoms with E-state index in [4.69, 9.17) is 0 Å². The van der Waals surface area contributed by atoms with Gasteiger partial charge in [-0.05, 0) is 17.9 Å². The van der Waals surface area contributed by atoms with E-state index >= 15 is 0 Å². The van der Waals surface area contributed by atoms with Crippen molar-refractivity contribution in [1.82, 2.24) is 9.88 Å². The van der Waals surface area contributed by atoms with Crippen LogP contribution in [0, 0.1) is 0 Å². The van der Waals surface area contributed by atoms with Gasteiger partial charge in [-0.1, -0.05) is 6.92 Å². The van der Waals surface area contributed by atoms with Crippen molar-refractivity contribution in [3.8, 4) is 0 Å². The van der Waals surface area contributed by atoms with E-state index in [0.29, 0.717) is 0 Å². The van der Waals surface area contributed by atoms with Gasteiger partial charge in [0.15, 0.2) is 5.60 Å². The average Bonchev–Trinajstić information content (AvgIpc) is 2.83. The number of nitrogens with zero attached hydrogens (tertiary/aromatic N) is 2. The van der Waals surface area contributed by atoms with Gasteiger partial charge in [-0.25, -0.2) is 4.98 Å². The molecule has 1 saturated heterocycles. The lowest BCUT2D eigenvalue weighted by Crippen LogP contribution is -2.48. The van der Waals surface area contributed by atoms with E-state index < -0.39 is 30.7 Å². The van der Waals surface area contributed by atoms with Crippen LogP contribution in [0.2, 0.25) is 0 Å². The van der Waals surface area contributed by atoms with Crippen molar-refractivity contribution in [3.05, 3.63) is 23.9 Å². The topological polar surface area (TPSA) is 53.4 Å². The second kappa shape index (κ2) is 5.84. The van der Waals surface area contributed by atoms with Crippen LogP contribution in [-0.2, 0) is 0 Å². The fourth-order valence-electron chi connectivity index (χ4n) is 2.12. The first kappa shape index (κ1) is 16.1. The summed E-state index contributed by atoms with van der Waals surface area (Å²) in [4.78, 5) is 17.2. The van der Waals surface area contributed by atoms with Crippen LogP contribution in [0.4, 0.5) is 13.2 Å². The fraction of sp³-hybridized carbons (Fsp3) is 0.538. The Labute approximate surface area is 124 Å². The summed E-state index contributed by atoms with van der Waals surface area (Å²) in [5.41, 5.74) is -2.59. The standard InChI is InChI=1S/C13H15F3N2O2S/c1-2-21-10-4-3-9(7-17-10)11(19)18-6-5-12(20,8-18)13(14,15)16/h3-4,7,20H,2,5-6,8H2,1H3. The maximum Gasteiger partial charge on any atom is 0.419 e. The molecular weight excluding hydrogens is 305 g/mol. The molecule has 1 aromatic rings. The van der Waals surface area contributed by atoms with E-state index in [1.807, 2.05) is 6.92 Å². The molecule has 1 unspecified atom stereocenters. The van der Waals surface area contributed by atoms with Crippen molar-refractivity contribution in [2.24, 2.45) is 0 Å². The molecule has 2 rings (SSSR count). The lowest BCUT2D eigenvalue weighted by molar-refractivity contribution is -0.253. The number of hydrogen-bond donors (Lipinski definition) is 1. The Hall–Kier alpha value is -1.28. The maximum absolute atomic E-state index is 12.7. The van der Waals surface area contributed by atoms with Crippen LogP contribution in [-0.4, -0.2) is 51.5 Å². The summed E-state index contributed by atoms with van der Waals surface area (Å²) in [6, 6.07) is 3.20. The van der Waals surface area contributed by atoms with Gasteiger partial charge in [-0.15, -0.1) is 11.8 Å². The number of aromatic nitrogens is 1. The molecule has 0 bridgehead atoms. The molecule has 1 atom stereocenters. The molecular formula is C13H15F3N2O2S. The number of amides is 1. The molecule has 1 aliphatic rings. The minimum atomic E-state index is -4.73. The van der Waals surface area contributed by atoms with Crippen molar-refractivity contribution < 1.29 is 23.1 Å². The number of halogens is 3. The SMILES string of the molecule is CCSc1ccc(C(=O)N2CCC(O)(C(F)(F)F)C2)cn1. The van der Waals surface area contributed by atoms with Crippen LogP contribution in [0.15, 0.2) is 23.4 Å². The lowest BCUT2D eigenvalue weighted by atomic mass is 10.0. The molecule has 1 aliphatic heterocycles. The minimum absolute atomic E-state index is 0.125. The predicted molar refractivity (Wildman–Crippen MR) is 72.2 cm³/mol. The second-order valence-electron chi connectivity index (χ2n) is 4.82. The Morgan fingerprint density at radius 1 is 1.52 bits per heavy atom. The lowest BCUT2D eigenvalue weighted by Gasteiger charge is -2.25. The van der Waals surface area contributed by atoms with Crippen molar-refractivity contribution in [2.45, 2.75) is 30.1 Å². The van der Waals surface area contributed by atoms with Crippen LogP contribution < -0.4 is 0 Å². The first-order valence-electron chi connectivity index (χ1n) is 6.44. The third kappa shape index (κ3) is 3.32. The van der Waals surface area contributed by atoms with Crippen LogP contribution in [0.1, 0.15) is 23.7 Å². The number of carbonyl (C=O) groups is 1. The van der Waals surface area contributed by atoms with Gasteiger partial charge in [0.05, 0.1) is 17.1 Å². The number of pyridine rings is 1. The van der Waals surface area contributed by atoms with Crippen molar-refractivity contribution in [3.63, 3.8) is 0 Å². The molecule has 1 fully saturated rings. The van der Waals surface area contributed by atoms with Crippen molar-refractivity contribution in [2.75, 3.05) is 18.8 Å². The number of thioether (sulfide) groups is 1. The van der Waals surface area contributed by atoms with Gasteiger partial charge in [0, 0.05) is 19.2 Å². The molecule has 1 amide bonds. The third-order valence-electron chi connectivity index (χ3n) is 3.34. The zero-order valence-electron chi connectivity index (χ0n) is 11.4. The summed E-state index contributed by atoms with van der Waals surface area (Å²) in [6.07, 6.45) is -3.88. The molecule has 21 heavy (non-hydrogen) atoms. The minimum Gasteiger partial charge on any atom is -0.379 e. The third-order valence-corrected chi connectivity index (χ3v) is 4.16. The second-order valence-corrected chi connectivity index (χ2v) is 6.11. The normalized spacial score (nSPS) is 22.6. The molecule has 4 nitrogen and oxygen atoms in total. The van der Waals surface area contributed by atoms with Gasteiger partial charge in [0.1, 0.15) is 0 Å². The first-order chi connectivity index (χ1) is 9.77. The van der Waals surface area contributed by atoms with Crippen LogP contribution in [0.5, 0.6) is 0 Å². The quantitative estimate of drug-likeness (QED) is 0.869. The summed E-state index contributed by atoms with van der Waals surface area (Å²) in [7, 11) is 0. The number of β-amino-alcohol motifs (C(OH)–C–C–N with tert-alkyl or cyclic N) is 1. The van der Waals surface area contributed by atoms with Gasteiger partial charge in [-0.2, -0.15) is 13.2 Å². The Morgan fingerprint density at radius 2 is 2.24 bits per heavy atom. The molecule has 0 saturated carbocycles. The largest absolute Gasteiger partial charge is 0.419 e. The van der Waals surface area contributed by atoms with Gasteiger partial charge in [0.25, 0.3) is 5.91 Å². The molecule has 1 aromatic heterocycles. The zero-order chi connectivity index (χ0) is 15.7. The number of aliphatic hydroxyl groups is 1. The molecule has 2 heterocycles. The molecule has 0 spiro atoms. The molecule has 0 aromatic carbocycles. The van der Waals surface area contributed by atoms with E-state index in [1.165, 1.54) is 24.0 Å². The predicted octanol–water partition coefficient (Wildman–Crippen LogP) is 2.33. The van der Waals surface area contributed by atoms with E-state index in [0.717, 1.165) is 15.7 Å². The number of hydrogen-bond acceptors (Lipinski definition) is 4. The Balaban J connectivity index is 2.08. The Bertz CT molecular complexity index is 521. The van der Waals surface area contributed by atoms with Gasteiger partial charge < -0.3 is 10.0 Å². The molecule has 1 N–H and O–H groups in total. The summed E-state index contributed by atoms with van der Waals surface area (Å²) >= 11 is 1.51. The van der Waals surface area contributed by atoms with Gasteiger partial charge in [0.2, 0.25) is 0 Å². The average molecular weight is 320 g/mol. The smallest absolute Gasteiger partial charge is 0.379 e. The monoisotopic (exact) mass is 320 g/mol. The Morgan fingerprint density at radius 3 is 2.71 bits per heavy atom. The molecule has 8 heteroatoms.